The molecule has 6 heteroatoms. The van der Waals surface area contributed by atoms with Gasteiger partial charge in [0.2, 0.25) is 5.91 Å². The van der Waals surface area contributed by atoms with Crippen LogP contribution in [0.3, 0.4) is 0 Å². The van der Waals surface area contributed by atoms with Gasteiger partial charge in [0.15, 0.2) is 0 Å². The third kappa shape index (κ3) is 4.09. The summed E-state index contributed by atoms with van der Waals surface area (Å²) in [5.74, 6) is 0.185. The SMILES string of the molecule is C=CC(=O)NC(CC)c1nc2cc(Cl)ccc2c(=O)n1Cc1ccccc1. The lowest BCUT2D eigenvalue weighted by molar-refractivity contribution is -0.117. The predicted octanol–water partition coefficient (Wildman–Crippen LogP) is 3.85. The van der Waals surface area contributed by atoms with Crippen LogP contribution in [0, 0.1) is 0 Å². The molecule has 0 saturated carbocycles. The number of halogens is 1. The molecule has 1 N–H and O–H groups in total. The van der Waals surface area contributed by atoms with Crippen molar-refractivity contribution in [2.24, 2.45) is 0 Å². The van der Waals surface area contributed by atoms with Crippen molar-refractivity contribution >= 4 is 28.4 Å². The van der Waals surface area contributed by atoms with Gasteiger partial charge in [0.25, 0.3) is 5.56 Å². The summed E-state index contributed by atoms with van der Waals surface area (Å²) in [6.45, 7) is 5.78. The van der Waals surface area contributed by atoms with Crippen LogP contribution in [0.15, 0.2) is 66.0 Å². The maximum atomic E-state index is 13.2. The van der Waals surface area contributed by atoms with E-state index in [4.69, 9.17) is 11.6 Å². The smallest absolute Gasteiger partial charge is 0.261 e. The molecular formula is C21H20ClN3O2. The van der Waals surface area contributed by atoms with Crippen molar-refractivity contribution < 1.29 is 4.79 Å². The van der Waals surface area contributed by atoms with Gasteiger partial charge in [-0.1, -0.05) is 55.4 Å². The number of benzene rings is 2. The monoisotopic (exact) mass is 381 g/mol. The number of nitrogens with one attached hydrogen (secondary N) is 1. The molecule has 0 bridgehead atoms. The molecule has 5 nitrogen and oxygen atoms in total. The number of hydrogen-bond donors (Lipinski definition) is 1. The van der Waals surface area contributed by atoms with E-state index >= 15 is 0 Å². The van der Waals surface area contributed by atoms with Crippen molar-refractivity contribution in [3.63, 3.8) is 0 Å². The maximum Gasteiger partial charge on any atom is 0.261 e. The van der Waals surface area contributed by atoms with Crippen LogP contribution in [0.5, 0.6) is 0 Å². The van der Waals surface area contributed by atoms with Gasteiger partial charge in [0.1, 0.15) is 5.82 Å². The van der Waals surface area contributed by atoms with Crippen molar-refractivity contribution in [1.82, 2.24) is 14.9 Å². The third-order valence-electron chi connectivity index (χ3n) is 4.35. The van der Waals surface area contributed by atoms with E-state index in [0.29, 0.717) is 34.7 Å². The van der Waals surface area contributed by atoms with Crippen LogP contribution in [0.25, 0.3) is 10.9 Å². The number of hydrogen-bond acceptors (Lipinski definition) is 3. The van der Waals surface area contributed by atoms with Crippen LogP contribution in [-0.4, -0.2) is 15.5 Å². The summed E-state index contributed by atoms with van der Waals surface area (Å²) in [7, 11) is 0. The molecule has 1 atom stereocenters. The Balaban J connectivity index is 2.21. The normalized spacial score (nSPS) is 11.9. The number of aromatic nitrogens is 2. The van der Waals surface area contributed by atoms with Gasteiger partial charge in [-0.3, -0.25) is 14.2 Å². The molecule has 1 aromatic heterocycles. The topological polar surface area (TPSA) is 64.0 Å². The maximum absolute atomic E-state index is 13.2. The van der Waals surface area contributed by atoms with Crippen LogP contribution in [0.4, 0.5) is 0 Å². The first-order valence-electron chi connectivity index (χ1n) is 8.70. The summed E-state index contributed by atoms with van der Waals surface area (Å²) in [6, 6.07) is 14.3. The largest absolute Gasteiger partial charge is 0.343 e. The first-order chi connectivity index (χ1) is 13.0. The number of fused-ring (bicyclic) bond motifs is 1. The average Bonchev–Trinajstić information content (AvgIpc) is 2.68. The molecule has 138 valence electrons. The molecule has 2 aromatic carbocycles. The van der Waals surface area contributed by atoms with Crippen molar-refractivity contribution in [2.75, 3.05) is 0 Å². The Morgan fingerprint density at radius 3 is 2.70 bits per heavy atom. The molecule has 1 unspecified atom stereocenters. The third-order valence-corrected chi connectivity index (χ3v) is 4.59. The number of carbonyl (C=O) groups is 1. The Morgan fingerprint density at radius 1 is 1.30 bits per heavy atom. The second-order valence-corrected chi connectivity index (χ2v) is 6.62. The standard InChI is InChI=1S/C21H20ClN3O2/c1-3-17(23-19(26)4-2)20-24-18-12-15(22)10-11-16(18)21(27)25(20)13-14-8-6-5-7-9-14/h4-12,17H,2-3,13H2,1H3,(H,23,26). The van der Waals surface area contributed by atoms with E-state index in [1.165, 1.54) is 6.08 Å². The summed E-state index contributed by atoms with van der Waals surface area (Å²) in [5, 5.41) is 3.85. The molecular weight excluding hydrogens is 362 g/mol. The first kappa shape index (κ1) is 18.9. The highest BCUT2D eigenvalue weighted by molar-refractivity contribution is 6.31. The Morgan fingerprint density at radius 2 is 2.04 bits per heavy atom. The fourth-order valence-electron chi connectivity index (χ4n) is 2.98. The summed E-state index contributed by atoms with van der Waals surface area (Å²) in [6.07, 6.45) is 1.78. The molecule has 0 spiro atoms. The predicted molar refractivity (Wildman–Crippen MR) is 108 cm³/mol. The molecule has 0 radical (unpaired) electrons. The lowest BCUT2D eigenvalue weighted by Gasteiger charge is -2.21. The molecule has 0 aliphatic heterocycles. The second-order valence-electron chi connectivity index (χ2n) is 6.18. The zero-order valence-corrected chi connectivity index (χ0v) is 15.7. The van der Waals surface area contributed by atoms with E-state index in [1.807, 2.05) is 37.3 Å². The average molecular weight is 382 g/mol. The van der Waals surface area contributed by atoms with Crippen LogP contribution < -0.4 is 10.9 Å². The van der Waals surface area contributed by atoms with E-state index in [2.05, 4.69) is 16.9 Å². The zero-order chi connectivity index (χ0) is 19.4. The lowest BCUT2D eigenvalue weighted by atomic mass is 10.1. The van der Waals surface area contributed by atoms with E-state index in [1.54, 1.807) is 22.8 Å². The van der Waals surface area contributed by atoms with Gasteiger partial charge in [0.05, 0.1) is 23.5 Å². The Kier molecular flexibility index (Phi) is 5.72. The lowest BCUT2D eigenvalue weighted by Crippen LogP contribution is -2.34. The summed E-state index contributed by atoms with van der Waals surface area (Å²) in [4.78, 5) is 29.7. The fourth-order valence-corrected chi connectivity index (χ4v) is 3.14. The highest BCUT2D eigenvalue weighted by Crippen LogP contribution is 2.20. The Labute approximate surface area is 162 Å². The van der Waals surface area contributed by atoms with Gasteiger partial charge in [-0.15, -0.1) is 0 Å². The van der Waals surface area contributed by atoms with Crippen molar-refractivity contribution in [3.05, 3.63) is 88.0 Å². The number of nitrogens with zero attached hydrogens (tertiary/aromatic N) is 2. The molecule has 3 rings (SSSR count). The highest BCUT2D eigenvalue weighted by Gasteiger charge is 2.20. The highest BCUT2D eigenvalue weighted by atomic mass is 35.5. The van der Waals surface area contributed by atoms with Gasteiger partial charge < -0.3 is 5.32 Å². The molecule has 0 fully saturated rings. The van der Waals surface area contributed by atoms with Crippen molar-refractivity contribution in [2.45, 2.75) is 25.9 Å². The molecule has 1 heterocycles. The van der Waals surface area contributed by atoms with Crippen LogP contribution in [0.1, 0.15) is 30.8 Å². The second kappa shape index (κ2) is 8.18. The number of amides is 1. The minimum absolute atomic E-state index is 0.165. The van der Waals surface area contributed by atoms with E-state index in [-0.39, 0.29) is 11.5 Å². The molecule has 1 amide bonds. The number of carbonyl (C=O) groups excluding carboxylic acids is 1. The van der Waals surface area contributed by atoms with E-state index in [9.17, 15) is 9.59 Å². The van der Waals surface area contributed by atoms with Crippen LogP contribution in [-0.2, 0) is 11.3 Å². The van der Waals surface area contributed by atoms with Crippen molar-refractivity contribution in [3.8, 4) is 0 Å². The molecule has 3 aromatic rings. The minimum Gasteiger partial charge on any atom is -0.343 e. The molecule has 27 heavy (non-hydrogen) atoms. The van der Waals surface area contributed by atoms with Gasteiger partial charge >= 0.3 is 0 Å². The van der Waals surface area contributed by atoms with E-state index in [0.717, 1.165) is 5.56 Å². The van der Waals surface area contributed by atoms with Gasteiger partial charge in [-0.05, 0) is 36.3 Å². The Hall–Kier alpha value is -2.92. The van der Waals surface area contributed by atoms with Gasteiger partial charge in [-0.2, -0.15) is 0 Å². The van der Waals surface area contributed by atoms with Gasteiger partial charge in [-0.25, -0.2) is 4.98 Å². The molecule has 0 saturated heterocycles. The first-order valence-corrected chi connectivity index (χ1v) is 9.08. The zero-order valence-electron chi connectivity index (χ0n) is 15.0. The summed E-state index contributed by atoms with van der Waals surface area (Å²) in [5.41, 5.74) is 1.32. The van der Waals surface area contributed by atoms with Gasteiger partial charge in [0, 0.05) is 5.02 Å². The number of rotatable bonds is 6. The van der Waals surface area contributed by atoms with Crippen molar-refractivity contribution in [1.29, 1.82) is 0 Å². The Bertz CT molecular complexity index is 1040. The quantitative estimate of drug-likeness (QED) is 0.659. The van der Waals surface area contributed by atoms with E-state index < -0.39 is 6.04 Å². The summed E-state index contributed by atoms with van der Waals surface area (Å²) >= 11 is 6.08. The molecule has 0 aliphatic carbocycles. The van der Waals surface area contributed by atoms with Crippen LogP contribution >= 0.6 is 11.6 Å². The summed E-state index contributed by atoms with van der Waals surface area (Å²) < 4.78 is 1.61. The fraction of sp³-hybridized carbons (Fsp3) is 0.190. The molecule has 0 aliphatic rings. The van der Waals surface area contributed by atoms with Crippen LogP contribution in [0.2, 0.25) is 5.02 Å². The minimum atomic E-state index is -0.421.